The van der Waals surface area contributed by atoms with E-state index in [1.54, 1.807) is 6.26 Å². The van der Waals surface area contributed by atoms with Crippen LogP contribution in [0.4, 0.5) is 0 Å². The lowest BCUT2D eigenvalue weighted by Gasteiger charge is -1.92. The van der Waals surface area contributed by atoms with Crippen molar-refractivity contribution in [3.05, 3.63) is 22.1 Å². The number of nitrogens with one attached hydrogen (secondary N) is 1. The number of carboxylic acid groups (broad SMARTS) is 1. The van der Waals surface area contributed by atoms with Crippen LogP contribution in [0, 0.1) is 0 Å². The minimum Gasteiger partial charge on any atom is -0.477 e. The van der Waals surface area contributed by atoms with Crippen LogP contribution in [0.5, 0.6) is 0 Å². The van der Waals surface area contributed by atoms with Crippen molar-refractivity contribution < 1.29 is 9.90 Å². The van der Waals surface area contributed by atoms with Gasteiger partial charge in [-0.15, -0.1) is 0 Å². The molecule has 0 saturated heterocycles. The van der Waals surface area contributed by atoms with E-state index in [-0.39, 0.29) is 11.3 Å². The topological polar surface area (TPSA) is 100 Å². The zero-order chi connectivity index (χ0) is 11.0. The second-order valence-electron chi connectivity index (χ2n) is 2.65. The van der Waals surface area contributed by atoms with Gasteiger partial charge in [0.1, 0.15) is 5.56 Å². The minimum atomic E-state index is -1.30. The summed E-state index contributed by atoms with van der Waals surface area (Å²) in [5.74, 6) is -1.14. The van der Waals surface area contributed by atoms with E-state index in [4.69, 9.17) is 5.11 Å². The van der Waals surface area contributed by atoms with Gasteiger partial charge in [-0.1, -0.05) is 11.8 Å². The van der Waals surface area contributed by atoms with E-state index < -0.39 is 11.5 Å². The van der Waals surface area contributed by atoms with Crippen LogP contribution < -0.4 is 5.56 Å². The van der Waals surface area contributed by atoms with Crippen molar-refractivity contribution in [3.8, 4) is 0 Å². The molecule has 2 aromatic heterocycles. The summed E-state index contributed by atoms with van der Waals surface area (Å²) in [6.07, 6.45) is 2.78. The number of nitrogens with zero attached hydrogens (tertiary/aromatic N) is 3. The van der Waals surface area contributed by atoms with Gasteiger partial charge in [-0.05, 0) is 6.26 Å². The Bertz CT molecular complexity index is 587. The third-order valence-corrected chi connectivity index (χ3v) is 2.34. The van der Waals surface area contributed by atoms with Gasteiger partial charge >= 0.3 is 5.97 Å². The van der Waals surface area contributed by atoms with Gasteiger partial charge in [0.05, 0.1) is 6.20 Å². The van der Waals surface area contributed by atoms with Crippen LogP contribution in [-0.2, 0) is 0 Å². The number of rotatable bonds is 2. The molecular formula is C7H6N4O3S. The Morgan fingerprint density at radius 1 is 1.67 bits per heavy atom. The van der Waals surface area contributed by atoms with Crippen LogP contribution in [0.15, 0.2) is 16.1 Å². The number of thioether (sulfide) groups is 1. The predicted molar refractivity (Wildman–Crippen MR) is 52.3 cm³/mol. The second-order valence-corrected chi connectivity index (χ2v) is 3.45. The summed E-state index contributed by atoms with van der Waals surface area (Å²) < 4.78 is 1.01. The molecular weight excluding hydrogens is 220 g/mol. The molecule has 0 fully saturated rings. The van der Waals surface area contributed by atoms with Crippen LogP contribution in [-0.4, -0.2) is 36.9 Å². The normalized spacial score (nSPS) is 10.7. The first-order chi connectivity index (χ1) is 7.13. The third kappa shape index (κ3) is 1.48. The molecule has 2 N–H and O–H groups in total. The fourth-order valence-corrected chi connectivity index (χ4v) is 1.43. The molecule has 2 rings (SSSR count). The average molecular weight is 226 g/mol. The number of hydrogen-bond acceptors (Lipinski definition) is 5. The molecule has 0 radical (unpaired) electrons. The van der Waals surface area contributed by atoms with Crippen LogP contribution in [0.2, 0.25) is 0 Å². The molecule has 0 bridgehead atoms. The molecule has 0 spiro atoms. The Morgan fingerprint density at radius 3 is 3.00 bits per heavy atom. The summed E-state index contributed by atoms with van der Waals surface area (Å²) in [6.45, 7) is 0. The Hall–Kier alpha value is -1.83. The van der Waals surface area contributed by atoms with E-state index in [1.807, 2.05) is 0 Å². The van der Waals surface area contributed by atoms with Crippen LogP contribution >= 0.6 is 11.8 Å². The summed E-state index contributed by atoms with van der Waals surface area (Å²) >= 11 is 1.30. The molecule has 0 saturated carbocycles. The molecule has 0 unspecified atom stereocenters. The average Bonchev–Trinajstić information content (AvgIpc) is 2.61. The van der Waals surface area contributed by atoms with Gasteiger partial charge in [-0.2, -0.15) is 9.50 Å². The lowest BCUT2D eigenvalue weighted by molar-refractivity contribution is 0.0694. The molecule has 0 aliphatic rings. The van der Waals surface area contributed by atoms with E-state index in [1.165, 1.54) is 11.8 Å². The maximum Gasteiger partial charge on any atom is 0.343 e. The van der Waals surface area contributed by atoms with Gasteiger partial charge in [0, 0.05) is 0 Å². The molecule has 7 nitrogen and oxygen atoms in total. The van der Waals surface area contributed by atoms with Crippen molar-refractivity contribution in [1.82, 2.24) is 19.6 Å². The number of H-pyrrole nitrogens is 1. The van der Waals surface area contributed by atoms with E-state index in [0.717, 1.165) is 10.7 Å². The first-order valence-corrected chi connectivity index (χ1v) is 5.11. The molecule has 0 atom stereocenters. The first-order valence-electron chi connectivity index (χ1n) is 3.88. The second kappa shape index (κ2) is 3.39. The highest BCUT2D eigenvalue weighted by Gasteiger charge is 2.13. The van der Waals surface area contributed by atoms with Crippen molar-refractivity contribution in [2.45, 2.75) is 5.16 Å². The van der Waals surface area contributed by atoms with Crippen molar-refractivity contribution >= 4 is 23.5 Å². The zero-order valence-electron chi connectivity index (χ0n) is 7.59. The number of hydrogen-bond donors (Lipinski definition) is 2. The summed E-state index contributed by atoms with van der Waals surface area (Å²) in [7, 11) is 0. The van der Waals surface area contributed by atoms with Gasteiger partial charge in [-0.3, -0.25) is 9.89 Å². The van der Waals surface area contributed by atoms with Crippen molar-refractivity contribution in [2.75, 3.05) is 6.26 Å². The molecule has 78 valence electrons. The fourth-order valence-electron chi connectivity index (χ4n) is 1.08. The number of aromatic nitrogens is 4. The summed E-state index contributed by atoms with van der Waals surface area (Å²) in [5, 5.41) is 11.8. The molecule has 0 amide bonds. The lowest BCUT2D eigenvalue weighted by Crippen LogP contribution is -2.22. The quantitative estimate of drug-likeness (QED) is 0.690. The lowest BCUT2D eigenvalue weighted by atomic mass is 10.3. The molecule has 2 aromatic rings. The smallest absolute Gasteiger partial charge is 0.343 e. The van der Waals surface area contributed by atoms with E-state index in [9.17, 15) is 9.59 Å². The molecule has 0 aliphatic carbocycles. The highest BCUT2D eigenvalue weighted by molar-refractivity contribution is 7.98. The van der Waals surface area contributed by atoms with Crippen LogP contribution in [0.1, 0.15) is 10.4 Å². The first kappa shape index (κ1) is 9.71. The van der Waals surface area contributed by atoms with E-state index >= 15 is 0 Å². The molecule has 0 aliphatic heterocycles. The minimum absolute atomic E-state index is 0.161. The maximum absolute atomic E-state index is 11.6. The van der Waals surface area contributed by atoms with Crippen molar-refractivity contribution in [1.29, 1.82) is 0 Å². The van der Waals surface area contributed by atoms with Gasteiger partial charge in [0.15, 0.2) is 5.16 Å². The highest BCUT2D eigenvalue weighted by Crippen LogP contribution is 2.07. The predicted octanol–water partition coefficient (Wildman–Crippen LogP) is -0.162. The summed E-state index contributed by atoms with van der Waals surface area (Å²) in [5.41, 5.74) is -1.05. The molecule has 8 heteroatoms. The Kier molecular flexibility index (Phi) is 2.19. The van der Waals surface area contributed by atoms with Gasteiger partial charge < -0.3 is 5.11 Å². The number of aromatic amines is 1. The monoisotopic (exact) mass is 226 g/mol. The zero-order valence-corrected chi connectivity index (χ0v) is 8.41. The van der Waals surface area contributed by atoms with Gasteiger partial charge in [0.25, 0.3) is 11.3 Å². The number of aromatic carboxylic acids is 1. The number of fused-ring (bicyclic) bond motifs is 1. The van der Waals surface area contributed by atoms with Gasteiger partial charge in [0.2, 0.25) is 0 Å². The summed E-state index contributed by atoms with van der Waals surface area (Å²) in [6, 6.07) is 0. The van der Waals surface area contributed by atoms with Gasteiger partial charge in [-0.25, -0.2) is 9.78 Å². The number of carbonyl (C=O) groups is 1. The summed E-state index contributed by atoms with van der Waals surface area (Å²) in [4.78, 5) is 29.9. The standard InChI is InChI=1S/C7H6N4O3S/c1-15-7-9-6-8-2-3(5(13)14)4(12)11(6)10-7/h2H,1H3,(H,13,14)(H,8,9,10). The SMILES string of the molecule is CSc1nc2ncc(C(=O)O)c(=O)n2[nH]1. The maximum atomic E-state index is 11.6. The third-order valence-electron chi connectivity index (χ3n) is 1.78. The highest BCUT2D eigenvalue weighted by atomic mass is 32.2. The van der Waals surface area contributed by atoms with Crippen LogP contribution in [0.3, 0.4) is 0 Å². The number of carboxylic acids is 1. The Balaban J connectivity index is 2.78. The largest absolute Gasteiger partial charge is 0.477 e. The van der Waals surface area contributed by atoms with Crippen molar-refractivity contribution in [3.63, 3.8) is 0 Å². The Labute approximate surface area is 87.1 Å². The van der Waals surface area contributed by atoms with Crippen LogP contribution in [0.25, 0.3) is 5.78 Å². The Morgan fingerprint density at radius 2 is 2.40 bits per heavy atom. The fraction of sp³-hybridized carbons (Fsp3) is 0.143. The molecule has 15 heavy (non-hydrogen) atoms. The molecule has 0 aromatic carbocycles. The van der Waals surface area contributed by atoms with E-state index in [2.05, 4.69) is 15.1 Å². The van der Waals surface area contributed by atoms with Crippen molar-refractivity contribution in [2.24, 2.45) is 0 Å². The molecule has 2 heterocycles. The van der Waals surface area contributed by atoms with E-state index in [0.29, 0.717) is 5.16 Å².